The molecular weight excluding hydrogens is 442 g/mol. The monoisotopic (exact) mass is 469 g/mol. The summed E-state index contributed by atoms with van der Waals surface area (Å²) in [5, 5.41) is 17.8. The van der Waals surface area contributed by atoms with Crippen LogP contribution in [-0.4, -0.2) is 42.6 Å². The first-order valence-electron chi connectivity index (χ1n) is 11.4. The number of anilines is 1. The van der Waals surface area contributed by atoms with E-state index in [0.29, 0.717) is 13.1 Å². The zero-order chi connectivity index (χ0) is 23.3. The first-order valence-corrected chi connectivity index (χ1v) is 12.6. The van der Waals surface area contributed by atoms with Crippen LogP contribution >= 0.6 is 11.8 Å². The molecule has 3 aromatic carbocycles. The van der Waals surface area contributed by atoms with E-state index in [-0.39, 0.29) is 6.61 Å². The molecule has 0 aliphatic carbocycles. The molecule has 0 saturated carbocycles. The molecule has 6 heteroatoms. The zero-order valence-corrected chi connectivity index (χ0v) is 19.9. The van der Waals surface area contributed by atoms with E-state index in [0.717, 1.165) is 56.3 Å². The molecule has 5 aromatic rings. The van der Waals surface area contributed by atoms with Crippen LogP contribution in [0.2, 0.25) is 0 Å². The fraction of sp³-hybridized carbons (Fsp3) is 0.179. The van der Waals surface area contributed by atoms with Gasteiger partial charge in [-0.25, -0.2) is 4.98 Å². The Morgan fingerprint density at radius 3 is 2.53 bits per heavy atom. The summed E-state index contributed by atoms with van der Waals surface area (Å²) in [5.41, 5.74) is 6.59. The molecule has 0 atom stereocenters. The Morgan fingerprint density at radius 2 is 1.71 bits per heavy atom. The predicted octanol–water partition coefficient (Wildman–Crippen LogP) is 6.02. The summed E-state index contributed by atoms with van der Waals surface area (Å²) >= 11 is 1.74. The minimum atomic E-state index is 0.127. The lowest BCUT2D eigenvalue weighted by Gasteiger charge is -2.11. The molecule has 0 radical (unpaired) electrons. The average Bonchev–Trinajstić information content (AvgIpc) is 3.25. The molecule has 2 heterocycles. The van der Waals surface area contributed by atoms with Gasteiger partial charge in [-0.2, -0.15) is 0 Å². The lowest BCUT2D eigenvalue weighted by molar-refractivity contribution is 0.293. The molecule has 0 spiro atoms. The molecular formula is C28H27N3O2S. The molecule has 0 unspecified atom stereocenters. The van der Waals surface area contributed by atoms with E-state index in [2.05, 4.69) is 71.5 Å². The topological polar surface area (TPSA) is 70.3 Å². The van der Waals surface area contributed by atoms with Crippen molar-refractivity contribution in [2.45, 2.75) is 4.90 Å². The van der Waals surface area contributed by atoms with Crippen molar-refractivity contribution in [3.05, 3.63) is 77.9 Å². The number of para-hydroxylation sites is 1. The van der Waals surface area contributed by atoms with E-state index in [1.807, 2.05) is 24.3 Å². The number of aliphatic hydroxyl groups is 1. The van der Waals surface area contributed by atoms with E-state index in [9.17, 15) is 0 Å². The van der Waals surface area contributed by atoms with E-state index < -0.39 is 0 Å². The van der Waals surface area contributed by atoms with Crippen molar-refractivity contribution in [1.82, 2.24) is 10.3 Å². The zero-order valence-electron chi connectivity index (χ0n) is 19.0. The number of pyridine rings is 1. The van der Waals surface area contributed by atoms with Crippen molar-refractivity contribution < 1.29 is 9.52 Å². The Balaban J connectivity index is 1.55. The minimum absolute atomic E-state index is 0.127. The normalized spacial score (nSPS) is 11.8. The number of aromatic nitrogens is 1. The molecule has 5 nitrogen and oxygen atoms in total. The van der Waals surface area contributed by atoms with Crippen molar-refractivity contribution in [2.75, 3.05) is 37.8 Å². The molecule has 2 aromatic heterocycles. The molecule has 5 rings (SSSR count). The molecule has 172 valence electrons. The molecule has 34 heavy (non-hydrogen) atoms. The molecule has 3 N–H and O–H groups in total. The second-order valence-electron chi connectivity index (χ2n) is 8.05. The van der Waals surface area contributed by atoms with E-state index in [1.165, 1.54) is 4.90 Å². The van der Waals surface area contributed by atoms with Gasteiger partial charge in [0.2, 0.25) is 0 Å². The highest BCUT2D eigenvalue weighted by Crippen LogP contribution is 2.37. The van der Waals surface area contributed by atoms with Crippen molar-refractivity contribution >= 4 is 62.6 Å². The molecule has 0 aliphatic rings. The SMILES string of the molecule is CSc1ccc(/C=C/c2ccc3nc4c(oc5ccccc54)c(NCCNCCO)c3c2)cc1. The Bertz CT molecular complexity index is 1460. The summed E-state index contributed by atoms with van der Waals surface area (Å²) in [4.78, 5) is 6.21. The third-order valence-electron chi connectivity index (χ3n) is 5.79. The van der Waals surface area contributed by atoms with Crippen LogP contribution in [0.25, 0.3) is 45.1 Å². The van der Waals surface area contributed by atoms with Crippen molar-refractivity contribution in [1.29, 1.82) is 0 Å². The number of thioether (sulfide) groups is 1. The van der Waals surface area contributed by atoms with E-state index >= 15 is 0 Å². The van der Waals surface area contributed by atoms with Crippen LogP contribution in [0, 0.1) is 0 Å². The standard InChI is InChI=1S/C28H27N3O2S/c1-34-21-11-8-19(9-12-21)6-7-20-10-13-24-23(18-20)26(30-15-14-29-16-17-32)28-27(31-24)22-4-2-3-5-25(22)33-28/h2-13,18,29,32H,14-17H2,1H3,(H,30,31)/b7-6+. The summed E-state index contributed by atoms with van der Waals surface area (Å²) in [6.07, 6.45) is 6.34. The number of nitrogens with zero attached hydrogens (tertiary/aromatic N) is 1. The number of hydrogen-bond donors (Lipinski definition) is 3. The van der Waals surface area contributed by atoms with Crippen molar-refractivity contribution in [2.24, 2.45) is 0 Å². The van der Waals surface area contributed by atoms with Gasteiger partial charge in [-0.1, -0.05) is 42.5 Å². The maximum absolute atomic E-state index is 9.02. The number of furan rings is 1. The van der Waals surface area contributed by atoms with Crippen LogP contribution in [0.1, 0.15) is 11.1 Å². The van der Waals surface area contributed by atoms with Gasteiger partial charge in [0.15, 0.2) is 5.58 Å². The number of aliphatic hydroxyl groups excluding tert-OH is 1. The highest BCUT2D eigenvalue weighted by atomic mass is 32.2. The van der Waals surface area contributed by atoms with Gasteiger partial charge in [-0.15, -0.1) is 11.8 Å². The Labute approximate surface area is 202 Å². The van der Waals surface area contributed by atoms with Crippen molar-refractivity contribution in [3.63, 3.8) is 0 Å². The van der Waals surface area contributed by atoms with Gasteiger partial charge in [0, 0.05) is 35.3 Å². The number of benzene rings is 3. The molecule has 0 amide bonds. The fourth-order valence-corrected chi connectivity index (χ4v) is 4.48. The van der Waals surface area contributed by atoms with Crippen LogP contribution in [0.5, 0.6) is 0 Å². The van der Waals surface area contributed by atoms with Crippen LogP contribution in [0.3, 0.4) is 0 Å². The highest BCUT2D eigenvalue weighted by Gasteiger charge is 2.16. The van der Waals surface area contributed by atoms with Crippen LogP contribution in [0.15, 0.2) is 76.0 Å². The summed E-state index contributed by atoms with van der Waals surface area (Å²) in [5.74, 6) is 0. The highest BCUT2D eigenvalue weighted by molar-refractivity contribution is 7.98. The lowest BCUT2D eigenvalue weighted by Crippen LogP contribution is -2.25. The van der Waals surface area contributed by atoms with Gasteiger partial charge in [0.05, 0.1) is 17.8 Å². The first kappa shape index (κ1) is 22.5. The Hall–Kier alpha value is -3.32. The quantitative estimate of drug-likeness (QED) is 0.139. The Morgan fingerprint density at radius 1 is 0.912 bits per heavy atom. The predicted molar refractivity (Wildman–Crippen MR) is 145 cm³/mol. The van der Waals surface area contributed by atoms with Gasteiger partial charge >= 0.3 is 0 Å². The molecule has 0 bridgehead atoms. The van der Waals surface area contributed by atoms with Crippen LogP contribution < -0.4 is 10.6 Å². The van der Waals surface area contributed by atoms with E-state index in [4.69, 9.17) is 14.5 Å². The molecule has 0 fully saturated rings. The van der Waals surface area contributed by atoms with Gasteiger partial charge in [0.1, 0.15) is 11.1 Å². The average molecular weight is 470 g/mol. The third-order valence-corrected chi connectivity index (χ3v) is 6.54. The summed E-state index contributed by atoms with van der Waals surface area (Å²) in [7, 11) is 0. The maximum atomic E-state index is 9.02. The second kappa shape index (κ2) is 10.3. The largest absolute Gasteiger partial charge is 0.452 e. The van der Waals surface area contributed by atoms with Crippen molar-refractivity contribution in [3.8, 4) is 0 Å². The van der Waals surface area contributed by atoms with Gasteiger partial charge in [0.25, 0.3) is 0 Å². The first-order chi connectivity index (χ1) is 16.8. The van der Waals surface area contributed by atoms with Gasteiger partial charge < -0.3 is 20.2 Å². The number of fused-ring (bicyclic) bond motifs is 4. The number of nitrogens with one attached hydrogen (secondary N) is 2. The smallest absolute Gasteiger partial charge is 0.177 e. The van der Waals surface area contributed by atoms with E-state index in [1.54, 1.807) is 11.8 Å². The fourth-order valence-electron chi connectivity index (χ4n) is 4.07. The summed E-state index contributed by atoms with van der Waals surface area (Å²) in [6.45, 7) is 2.14. The van der Waals surface area contributed by atoms with Gasteiger partial charge in [-0.05, 0) is 53.8 Å². The van der Waals surface area contributed by atoms with Crippen LogP contribution in [0.4, 0.5) is 5.69 Å². The Kier molecular flexibility index (Phi) is 6.81. The molecule has 0 aliphatic heterocycles. The van der Waals surface area contributed by atoms with Gasteiger partial charge in [-0.3, -0.25) is 0 Å². The number of hydrogen-bond acceptors (Lipinski definition) is 6. The second-order valence-corrected chi connectivity index (χ2v) is 8.93. The van der Waals surface area contributed by atoms with Crippen LogP contribution in [-0.2, 0) is 0 Å². The maximum Gasteiger partial charge on any atom is 0.177 e. The minimum Gasteiger partial charge on any atom is -0.452 e. The summed E-state index contributed by atoms with van der Waals surface area (Å²) in [6, 6.07) is 22.9. The molecule has 0 saturated heterocycles. The summed E-state index contributed by atoms with van der Waals surface area (Å²) < 4.78 is 6.26. The third kappa shape index (κ3) is 4.66. The number of rotatable bonds is 9. The lowest BCUT2D eigenvalue weighted by atomic mass is 10.1.